The summed E-state index contributed by atoms with van der Waals surface area (Å²) in [5, 5.41) is 2.55. The summed E-state index contributed by atoms with van der Waals surface area (Å²) in [7, 11) is 0. The van der Waals surface area contributed by atoms with Gasteiger partial charge in [0.1, 0.15) is 0 Å². The van der Waals surface area contributed by atoms with Crippen molar-refractivity contribution < 1.29 is 9.59 Å². The van der Waals surface area contributed by atoms with E-state index in [0.29, 0.717) is 6.54 Å². The average molecular weight is 313 g/mol. The average Bonchev–Trinajstić information content (AvgIpc) is 2.55. The summed E-state index contributed by atoms with van der Waals surface area (Å²) in [5.41, 5.74) is 2.14. The van der Waals surface area contributed by atoms with Gasteiger partial charge in [0.25, 0.3) is 5.91 Å². The van der Waals surface area contributed by atoms with E-state index in [1.807, 2.05) is 42.5 Å². The van der Waals surface area contributed by atoms with Crippen molar-refractivity contribution in [2.45, 2.75) is 24.0 Å². The minimum atomic E-state index is -0.509. The fraction of sp³-hybridized carbons (Fsp3) is 0.222. The Kier molecular flexibility index (Phi) is 6.22. The molecule has 0 heterocycles. The molecule has 1 N–H and O–H groups in total. The first kappa shape index (κ1) is 16.3. The van der Waals surface area contributed by atoms with Crippen molar-refractivity contribution >= 4 is 23.5 Å². The van der Waals surface area contributed by atoms with Gasteiger partial charge >= 0.3 is 0 Å². The smallest absolute Gasteiger partial charge is 0.287 e. The third kappa shape index (κ3) is 4.74. The number of Topliss-reactive ketones (excluding diaryl/α,β-unsaturated/α-hetero) is 1. The molecule has 0 fully saturated rings. The van der Waals surface area contributed by atoms with Crippen molar-refractivity contribution in [2.75, 3.05) is 6.54 Å². The van der Waals surface area contributed by atoms with Crippen molar-refractivity contribution in [1.82, 2.24) is 5.32 Å². The number of carbonyl (C=O) groups is 2. The Morgan fingerprint density at radius 1 is 1.00 bits per heavy atom. The van der Waals surface area contributed by atoms with Gasteiger partial charge in [-0.3, -0.25) is 9.59 Å². The van der Waals surface area contributed by atoms with Crippen molar-refractivity contribution in [3.8, 4) is 0 Å². The van der Waals surface area contributed by atoms with Crippen LogP contribution in [0.4, 0.5) is 0 Å². The van der Waals surface area contributed by atoms with Crippen LogP contribution in [-0.2, 0) is 21.8 Å². The largest absolute Gasteiger partial charge is 0.350 e. The lowest BCUT2D eigenvalue weighted by Gasteiger charge is -2.08. The molecule has 0 atom stereocenters. The lowest BCUT2D eigenvalue weighted by atomic mass is 10.1. The Morgan fingerprint density at radius 3 is 2.41 bits per heavy atom. The summed E-state index contributed by atoms with van der Waals surface area (Å²) in [4.78, 5) is 24.5. The van der Waals surface area contributed by atoms with Gasteiger partial charge in [0.15, 0.2) is 0 Å². The summed E-state index contributed by atoms with van der Waals surface area (Å²) in [6, 6.07) is 17.9. The number of benzene rings is 2. The topological polar surface area (TPSA) is 46.2 Å². The SMILES string of the molecule is CCNC(=O)C(=O)Cc1ccccc1SCc1ccccc1. The van der Waals surface area contributed by atoms with Crippen molar-refractivity contribution in [3.63, 3.8) is 0 Å². The summed E-state index contributed by atoms with van der Waals surface area (Å²) >= 11 is 1.68. The zero-order chi connectivity index (χ0) is 15.8. The van der Waals surface area contributed by atoms with Crippen LogP contribution in [0.3, 0.4) is 0 Å². The number of hydrogen-bond donors (Lipinski definition) is 1. The van der Waals surface area contributed by atoms with Gasteiger partial charge in [0.05, 0.1) is 0 Å². The number of likely N-dealkylation sites (N-methyl/N-ethyl adjacent to an activating group) is 1. The molecule has 0 unspecified atom stereocenters. The molecular formula is C18H19NO2S. The molecule has 0 aliphatic rings. The Labute approximate surface area is 135 Å². The standard InChI is InChI=1S/C18H19NO2S/c1-2-19-18(21)16(20)12-15-10-6-7-11-17(15)22-13-14-8-4-3-5-9-14/h3-11H,2,12-13H2,1H3,(H,19,21). The second-order valence-electron chi connectivity index (χ2n) is 4.84. The molecular weight excluding hydrogens is 294 g/mol. The van der Waals surface area contributed by atoms with E-state index in [2.05, 4.69) is 17.4 Å². The van der Waals surface area contributed by atoms with E-state index in [1.54, 1.807) is 18.7 Å². The van der Waals surface area contributed by atoms with E-state index in [4.69, 9.17) is 0 Å². The number of ketones is 1. The van der Waals surface area contributed by atoms with Crippen LogP contribution in [0.5, 0.6) is 0 Å². The number of carbonyl (C=O) groups excluding carboxylic acids is 2. The van der Waals surface area contributed by atoms with Crippen LogP contribution in [0.2, 0.25) is 0 Å². The van der Waals surface area contributed by atoms with E-state index in [9.17, 15) is 9.59 Å². The molecule has 0 aromatic heterocycles. The zero-order valence-electron chi connectivity index (χ0n) is 12.5. The van der Waals surface area contributed by atoms with Gasteiger partial charge in [0, 0.05) is 23.6 Å². The number of rotatable bonds is 7. The van der Waals surface area contributed by atoms with E-state index < -0.39 is 11.7 Å². The first-order valence-electron chi connectivity index (χ1n) is 7.26. The predicted molar refractivity (Wildman–Crippen MR) is 89.8 cm³/mol. The lowest BCUT2D eigenvalue weighted by Crippen LogP contribution is -2.31. The number of amides is 1. The molecule has 2 aromatic rings. The maximum atomic E-state index is 11.9. The Balaban J connectivity index is 2.03. The van der Waals surface area contributed by atoms with Gasteiger partial charge in [-0.2, -0.15) is 0 Å². The van der Waals surface area contributed by atoms with Gasteiger partial charge in [-0.05, 0) is 24.1 Å². The molecule has 2 aromatic carbocycles. The Hall–Kier alpha value is -2.07. The minimum Gasteiger partial charge on any atom is -0.350 e. The van der Waals surface area contributed by atoms with Gasteiger partial charge in [-0.25, -0.2) is 0 Å². The fourth-order valence-electron chi connectivity index (χ4n) is 2.04. The minimum absolute atomic E-state index is 0.143. The highest BCUT2D eigenvalue weighted by Crippen LogP contribution is 2.26. The second kappa shape index (κ2) is 8.39. The van der Waals surface area contributed by atoms with E-state index >= 15 is 0 Å². The van der Waals surface area contributed by atoms with Crippen LogP contribution >= 0.6 is 11.8 Å². The van der Waals surface area contributed by atoms with Crippen molar-refractivity contribution in [3.05, 3.63) is 65.7 Å². The van der Waals surface area contributed by atoms with Crippen molar-refractivity contribution in [1.29, 1.82) is 0 Å². The summed E-state index contributed by atoms with van der Waals surface area (Å²) in [6.45, 7) is 2.27. The second-order valence-corrected chi connectivity index (χ2v) is 5.86. The van der Waals surface area contributed by atoms with Crippen molar-refractivity contribution in [2.24, 2.45) is 0 Å². The maximum absolute atomic E-state index is 11.9. The first-order chi connectivity index (χ1) is 10.7. The van der Waals surface area contributed by atoms with E-state index in [-0.39, 0.29) is 6.42 Å². The molecule has 22 heavy (non-hydrogen) atoms. The van der Waals surface area contributed by atoms with E-state index in [1.165, 1.54) is 5.56 Å². The van der Waals surface area contributed by atoms with Crippen LogP contribution < -0.4 is 5.32 Å². The molecule has 0 aliphatic carbocycles. The molecule has 4 heteroatoms. The lowest BCUT2D eigenvalue weighted by molar-refractivity contribution is -0.137. The molecule has 1 amide bonds. The first-order valence-corrected chi connectivity index (χ1v) is 8.25. The van der Waals surface area contributed by atoms with E-state index in [0.717, 1.165) is 16.2 Å². The molecule has 2 rings (SSSR count). The van der Waals surface area contributed by atoms with Crippen LogP contribution in [0.25, 0.3) is 0 Å². The van der Waals surface area contributed by atoms with Crippen LogP contribution in [-0.4, -0.2) is 18.2 Å². The molecule has 114 valence electrons. The third-order valence-corrected chi connectivity index (χ3v) is 4.34. The summed E-state index contributed by atoms with van der Waals surface area (Å²) in [5.74, 6) is -0.0623. The normalized spacial score (nSPS) is 10.2. The molecule has 0 saturated carbocycles. The third-order valence-electron chi connectivity index (χ3n) is 3.15. The van der Waals surface area contributed by atoms with Crippen LogP contribution in [0.15, 0.2) is 59.5 Å². The Bertz CT molecular complexity index is 641. The number of hydrogen-bond acceptors (Lipinski definition) is 3. The quantitative estimate of drug-likeness (QED) is 0.630. The summed E-state index contributed by atoms with van der Waals surface area (Å²) < 4.78 is 0. The molecule has 0 saturated heterocycles. The van der Waals surface area contributed by atoms with Crippen LogP contribution in [0, 0.1) is 0 Å². The molecule has 0 bridgehead atoms. The zero-order valence-corrected chi connectivity index (χ0v) is 13.4. The molecule has 0 aliphatic heterocycles. The fourth-order valence-corrected chi connectivity index (χ4v) is 3.05. The molecule has 3 nitrogen and oxygen atoms in total. The highest BCUT2D eigenvalue weighted by Gasteiger charge is 2.15. The maximum Gasteiger partial charge on any atom is 0.287 e. The number of thioether (sulfide) groups is 1. The van der Waals surface area contributed by atoms with Gasteiger partial charge < -0.3 is 5.32 Å². The van der Waals surface area contributed by atoms with Gasteiger partial charge in [-0.1, -0.05) is 48.5 Å². The predicted octanol–water partition coefficient (Wildman–Crippen LogP) is 3.23. The molecule has 0 radical (unpaired) electrons. The highest BCUT2D eigenvalue weighted by atomic mass is 32.2. The monoisotopic (exact) mass is 313 g/mol. The van der Waals surface area contributed by atoms with Gasteiger partial charge in [-0.15, -0.1) is 11.8 Å². The van der Waals surface area contributed by atoms with Gasteiger partial charge in [0.2, 0.25) is 5.78 Å². The Morgan fingerprint density at radius 2 is 1.68 bits per heavy atom. The van der Waals surface area contributed by atoms with Crippen LogP contribution in [0.1, 0.15) is 18.1 Å². The summed E-state index contributed by atoms with van der Waals surface area (Å²) in [6.07, 6.45) is 0.143. The molecule has 0 spiro atoms. The highest BCUT2D eigenvalue weighted by molar-refractivity contribution is 7.98. The number of nitrogens with one attached hydrogen (secondary N) is 1.